The van der Waals surface area contributed by atoms with Gasteiger partial charge in [0, 0.05) is 19.3 Å². The van der Waals surface area contributed by atoms with Crippen molar-refractivity contribution in [3.63, 3.8) is 0 Å². The first-order valence-corrected chi connectivity index (χ1v) is 25.0. The summed E-state index contributed by atoms with van der Waals surface area (Å²) in [4.78, 5) is 37.8. The van der Waals surface area contributed by atoms with Crippen molar-refractivity contribution in [2.45, 2.75) is 290 Å². The molecule has 6 heteroatoms. The van der Waals surface area contributed by atoms with Gasteiger partial charge in [0.2, 0.25) is 0 Å². The second-order valence-electron chi connectivity index (χ2n) is 17.1. The molecule has 0 radical (unpaired) electrons. The number of hydrogen-bond acceptors (Lipinski definition) is 6. The van der Waals surface area contributed by atoms with Crippen LogP contribution in [0, 0.1) is 0 Å². The molecule has 0 aliphatic carbocycles. The Kier molecular flexibility index (Phi) is 44.8. The molecule has 0 aromatic rings. The maximum absolute atomic E-state index is 12.7. The largest absolute Gasteiger partial charge is 0.462 e. The molecule has 0 bridgehead atoms. The molecule has 0 unspecified atom stereocenters. The molecule has 0 spiro atoms. The van der Waals surface area contributed by atoms with Crippen molar-refractivity contribution in [1.29, 1.82) is 0 Å². The van der Waals surface area contributed by atoms with Crippen LogP contribution in [-0.2, 0) is 28.6 Å². The van der Waals surface area contributed by atoms with Crippen LogP contribution in [0.3, 0.4) is 0 Å². The summed E-state index contributed by atoms with van der Waals surface area (Å²) >= 11 is 0. The molecule has 0 saturated heterocycles. The monoisotopic (exact) mass is 793 g/mol. The predicted octanol–water partition coefficient (Wildman–Crippen LogP) is 16.0. The molecule has 6 nitrogen and oxygen atoms in total. The predicted molar refractivity (Wildman–Crippen MR) is 238 cm³/mol. The second-order valence-corrected chi connectivity index (χ2v) is 17.1. The van der Waals surface area contributed by atoms with Crippen molar-refractivity contribution < 1.29 is 28.6 Å². The average molecular weight is 793 g/mol. The first-order valence-electron chi connectivity index (χ1n) is 25.0. The third-order valence-electron chi connectivity index (χ3n) is 11.4. The molecule has 0 aromatic carbocycles. The first-order chi connectivity index (χ1) is 27.5. The summed E-state index contributed by atoms with van der Waals surface area (Å²) in [5.74, 6) is -0.844. The summed E-state index contributed by atoms with van der Waals surface area (Å²) in [7, 11) is 0. The molecule has 0 aliphatic heterocycles. The van der Waals surface area contributed by atoms with Crippen molar-refractivity contribution in [2.75, 3.05) is 13.2 Å². The van der Waals surface area contributed by atoms with Gasteiger partial charge < -0.3 is 14.2 Å². The lowest BCUT2D eigenvalue weighted by Gasteiger charge is -2.18. The van der Waals surface area contributed by atoms with Gasteiger partial charge >= 0.3 is 17.9 Å². The summed E-state index contributed by atoms with van der Waals surface area (Å²) in [6.45, 7) is 6.67. The number of hydrogen-bond donors (Lipinski definition) is 0. The van der Waals surface area contributed by atoms with Crippen LogP contribution < -0.4 is 0 Å². The van der Waals surface area contributed by atoms with Crippen LogP contribution in [0.4, 0.5) is 0 Å². The molecule has 0 amide bonds. The van der Waals surface area contributed by atoms with Crippen LogP contribution >= 0.6 is 0 Å². The molecule has 0 heterocycles. The van der Waals surface area contributed by atoms with E-state index in [1.807, 2.05) is 0 Å². The Balaban J connectivity index is 4.31. The fourth-order valence-corrected chi connectivity index (χ4v) is 7.56. The normalized spacial score (nSPS) is 11.8. The number of esters is 3. The SMILES string of the molecule is CCCCCCCCCCCCCCCC(=O)OC[C@H](COC(=O)CCCCCCCCCCCCCC)OC(=O)CCCCCCCCCCCCCCC. The number of ether oxygens (including phenoxy) is 3. The lowest BCUT2D eigenvalue weighted by molar-refractivity contribution is -0.167. The van der Waals surface area contributed by atoms with Gasteiger partial charge in [-0.1, -0.05) is 245 Å². The lowest BCUT2D eigenvalue weighted by atomic mass is 10.0. The van der Waals surface area contributed by atoms with E-state index in [2.05, 4.69) is 20.8 Å². The molecule has 0 fully saturated rings. The van der Waals surface area contributed by atoms with Crippen LogP contribution in [0.5, 0.6) is 0 Å². The molecule has 0 saturated carbocycles. The quantitative estimate of drug-likeness (QED) is 0.0347. The third-order valence-corrected chi connectivity index (χ3v) is 11.4. The van der Waals surface area contributed by atoms with E-state index in [-0.39, 0.29) is 31.1 Å². The number of unbranched alkanes of at least 4 members (excludes halogenated alkanes) is 35. The molecule has 1 atom stereocenters. The Morgan fingerprint density at radius 2 is 0.482 bits per heavy atom. The number of rotatable bonds is 46. The maximum Gasteiger partial charge on any atom is 0.306 e. The Labute approximate surface area is 348 Å². The summed E-state index contributed by atoms with van der Waals surface area (Å²) in [6, 6.07) is 0. The van der Waals surface area contributed by atoms with E-state index in [4.69, 9.17) is 14.2 Å². The summed E-state index contributed by atoms with van der Waals surface area (Å²) < 4.78 is 16.8. The first kappa shape index (κ1) is 54.4. The van der Waals surface area contributed by atoms with Gasteiger partial charge in [-0.3, -0.25) is 14.4 Å². The Hall–Kier alpha value is -1.59. The Bertz CT molecular complexity index is 828. The second kappa shape index (κ2) is 46.1. The maximum atomic E-state index is 12.7. The minimum absolute atomic E-state index is 0.0620. The minimum atomic E-state index is -0.758. The van der Waals surface area contributed by atoms with E-state index in [1.165, 1.54) is 186 Å². The summed E-state index contributed by atoms with van der Waals surface area (Å²) in [5.41, 5.74) is 0. The zero-order valence-corrected chi connectivity index (χ0v) is 37.9. The highest BCUT2D eigenvalue weighted by atomic mass is 16.6. The summed E-state index contributed by atoms with van der Waals surface area (Å²) in [6.07, 6.45) is 47.9. The van der Waals surface area contributed by atoms with E-state index in [0.29, 0.717) is 19.3 Å². The van der Waals surface area contributed by atoms with E-state index in [0.717, 1.165) is 57.8 Å². The highest BCUT2D eigenvalue weighted by Gasteiger charge is 2.19. The van der Waals surface area contributed by atoms with E-state index in [1.54, 1.807) is 0 Å². The van der Waals surface area contributed by atoms with Crippen LogP contribution in [0.2, 0.25) is 0 Å². The van der Waals surface area contributed by atoms with Crippen LogP contribution in [0.1, 0.15) is 284 Å². The Morgan fingerprint density at radius 3 is 0.714 bits per heavy atom. The van der Waals surface area contributed by atoms with Crippen molar-refractivity contribution in [2.24, 2.45) is 0 Å². The average Bonchev–Trinajstić information content (AvgIpc) is 3.19. The van der Waals surface area contributed by atoms with Gasteiger partial charge in [0.05, 0.1) is 0 Å². The van der Waals surface area contributed by atoms with Gasteiger partial charge in [0.1, 0.15) is 13.2 Å². The molecule has 0 aliphatic rings. The highest BCUT2D eigenvalue weighted by Crippen LogP contribution is 2.16. The van der Waals surface area contributed by atoms with Crippen molar-refractivity contribution >= 4 is 17.9 Å². The van der Waals surface area contributed by atoms with E-state index < -0.39 is 6.10 Å². The van der Waals surface area contributed by atoms with Gasteiger partial charge in [-0.2, -0.15) is 0 Å². The van der Waals surface area contributed by atoms with Crippen LogP contribution in [-0.4, -0.2) is 37.2 Å². The smallest absolute Gasteiger partial charge is 0.306 e. The topological polar surface area (TPSA) is 78.9 Å². The van der Waals surface area contributed by atoms with E-state index >= 15 is 0 Å². The zero-order valence-electron chi connectivity index (χ0n) is 37.9. The zero-order chi connectivity index (χ0) is 40.8. The standard InChI is InChI=1S/C50H96O6/c1-4-7-10-13-16-19-22-25-28-31-34-37-40-43-49(52)55-46-47(45-54-48(51)42-39-36-33-30-27-24-21-18-15-12-9-6-3)56-50(53)44-41-38-35-32-29-26-23-20-17-14-11-8-5-2/h47H,4-46H2,1-3H3/t47-/m0/s1. The van der Waals surface area contributed by atoms with Gasteiger partial charge in [-0.05, 0) is 19.3 Å². The van der Waals surface area contributed by atoms with E-state index in [9.17, 15) is 14.4 Å². The van der Waals surface area contributed by atoms with Crippen LogP contribution in [0.15, 0.2) is 0 Å². The molecule has 0 N–H and O–H groups in total. The van der Waals surface area contributed by atoms with Gasteiger partial charge in [0.15, 0.2) is 6.10 Å². The third kappa shape index (κ3) is 43.5. The van der Waals surface area contributed by atoms with Gasteiger partial charge in [-0.25, -0.2) is 0 Å². The molecule has 0 aromatic heterocycles. The van der Waals surface area contributed by atoms with Crippen LogP contribution in [0.25, 0.3) is 0 Å². The Morgan fingerprint density at radius 1 is 0.286 bits per heavy atom. The fraction of sp³-hybridized carbons (Fsp3) is 0.940. The van der Waals surface area contributed by atoms with Gasteiger partial charge in [-0.15, -0.1) is 0 Å². The molecule has 0 rings (SSSR count). The summed E-state index contributed by atoms with van der Waals surface area (Å²) in [5, 5.41) is 0. The molecular weight excluding hydrogens is 697 g/mol. The van der Waals surface area contributed by atoms with Crippen molar-refractivity contribution in [3.05, 3.63) is 0 Å². The molecule has 56 heavy (non-hydrogen) atoms. The van der Waals surface area contributed by atoms with Crippen molar-refractivity contribution in [1.82, 2.24) is 0 Å². The lowest BCUT2D eigenvalue weighted by Crippen LogP contribution is -2.30. The molecular formula is C50H96O6. The minimum Gasteiger partial charge on any atom is -0.462 e. The fourth-order valence-electron chi connectivity index (χ4n) is 7.56. The van der Waals surface area contributed by atoms with Crippen molar-refractivity contribution in [3.8, 4) is 0 Å². The number of carbonyl (C=O) groups excluding carboxylic acids is 3. The molecule has 332 valence electrons. The van der Waals surface area contributed by atoms with Gasteiger partial charge in [0.25, 0.3) is 0 Å². The number of carbonyl (C=O) groups is 3. The highest BCUT2D eigenvalue weighted by molar-refractivity contribution is 5.71.